The summed E-state index contributed by atoms with van der Waals surface area (Å²) in [7, 11) is 0. The Kier molecular flexibility index (Phi) is 5.22. The molecule has 21 heavy (non-hydrogen) atoms. The first-order valence-electron chi connectivity index (χ1n) is 6.74. The van der Waals surface area contributed by atoms with Crippen molar-refractivity contribution in [2.24, 2.45) is 0 Å². The molecule has 1 aromatic carbocycles. The summed E-state index contributed by atoms with van der Waals surface area (Å²) >= 11 is 0. The van der Waals surface area contributed by atoms with E-state index < -0.39 is 6.61 Å². The lowest BCUT2D eigenvalue weighted by Crippen LogP contribution is -2.18. The third-order valence-corrected chi connectivity index (χ3v) is 3.32. The van der Waals surface area contributed by atoms with E-state index in [2.05, 4.69) is 15.0 Å². The topological polar surface area (TPSA) is 34.2 Å². The zero-order valence-electron chi connectivity index (χ0n) is 12.0. The van der Waals surface area contributed by atoms with E-state index in [0.29, 0.717) is 6.54 Å². The van der Waals surface area contributed by atoms with E-state index >= 15 is 0 Å². The molecule has 0 saturated heterocycles. The molecule has 2 aromatic rings. The van der Waals surface area contributed by atoms with E-state index in [0.717, 1.165) is 16.7 Å². The van der Waals surface area contributed by atoms with Crippen molar-refractivity contribution >= 4 is 0 Å². The molecule has 0 amide bonds. The molecule has 0 aliphatic heterocycles. The predicted octanol–water partition coefficient (Wildman–Crippen LogP) is 3.84. The summed E-state index contributed by atoms with van der Waals surface area (Å²) in [5.74, 6) is 0.177. The number of hydrogen-bond donors (Lipinski definition) is 1. The van der Waals surface area contributed by atoms with E-state index in [1.165, 1.54) is 6.07 Å². The number of hydrogen-bond acceptors (Lipinski definition) is 3. The molecular weight excluding hydrogens is 274 g/mol. The van der Waals surface area contributed by atoms with Crippen LogP contribution in [0.2, 0.25) is 0 Å². The molecule has 1 heterocycles. The number of pyridine rings is 1. The highest BCUT2D eigenvalue weighted by Gasteiger charge is 2.09. The Morgan fingerprint density at radius 2 is 2.10 bits per heavy atom. The second-order valence-corrected chi connectivity index (χ2v) is 4.86. The van der Waals surface area contributed by atoms with Crippen LogP contribution in [-0.4, -0.2) is 11.6 Å². The van der Waals surface area contributed by atoms with Crippen LogP contribution in [0.25, 0.3) is 0 Å². The van der Waals surface area contributed by atoms with Gasteiger partial charge in [0.15, 0.2) is 0 Å². The van der Waals surface area contributed by atoms with Crippen molar-refractivity contribution in [1.29, 1.82) is 0 Å². The van der Waals surface area contributed by atoms with Gasteiger partial charge in [-0.3, -0.25) is 4.98 Å². The van der Waals surface area contributed by atoms with Gasteiger partial charge in [-0.15, -0.1) is 0 Å². The van der Waals surface area contributed by atoms with Gasteiger partial charge >= 0.3 is 6.61 Å². The molecule has 1 unspecified atom stereocenters. The van der Waals surface area contributed by atoms with Crippen molar-refractivity contribution in [2.75, 3.05) is 0 Å². The van der Waals surface area contributed by atoms with Gasteiger partial charge in [0.1, 0.15) is 5.75 Å². The first-order chi connectivity index (χ1) is 10.1. The Balaban J connectivity index is 2.00. The highest BCUT2D eigenvalue weighted by Crippen LogP contribution is 2.21. The zero-order chi connectivity index (χ0) is 15.2. The molecule has 1 atom stereocenters. The minimum atomic E-state index is -2.80. The molecule has 2 rings (SSSR count). The molecular formula is C16H18F2N2O. The zero-order valence-corrected chi connectivity index (χ0v) is 12.0. The third-order valence-electron chi connectivity index (χ3n) is 3.32. The van der Waals surface area contributed by atoms with E-state index in [1.54, 1.807) is 18.3 Å². The molecule has 0 radical (unpaired) electrons. The molecule has 0 saturated carbocycles. The van der Waals surface area contributed by atoms with Crippen molar-refractivity contribution in [3.05, 3.63) is 59.4 Å². The molecule has 1 N–H and O–H groups in total. The number of rotatable bonds is 6. The Morgan fingerprint density at radius 3 is 2.81 bits per heavy atom. The van der Waals surface area contributed by atoms with Crippen LogP contribution >= 0.6 is 0 Å². The number of benzene rings is 1. The van der Waals surface area contributed by atoms with E-state index in [1.807, 2.05) is 32.2 Å². The fourth-order valence-corrected chi connectivity index (χ4v) is 2.04. The standard InChI is InChI=1S/C16H18F2N2O/c1-11-9-19-7-6-14(11)10-20-12(2)13-4-3-5-15(8-13)21-16(17)18/h3-9,12,16,20H,10H2,1-2H3. The number of ether oxygens (including phenoxy) is 1. The van der Waals surface area contributed by atoms with E-state index in [4.69, 9.17) is 0 Å². The van der Waals surface area contributed by atoms with Gasteiger partial charge in [-0.1, -0.05) is 12.1 Å². The summed E-state index contributed by atoms with van der Waals surface area (Å²) in [5.41, 5.74) is 3.18. The van der Waals surface area contributed by atoms with Crippen molar-refractivity contribution in [1.82, 2.24) is 10.3 Å². The van der Waals surface area contributed by atoms with Gasteiger partial charge in [0.25, 0.3) is 0 Å². The van der Waals surface area contributed by atoms with Crippen molar-refractivity contribution < 1.29 is 13.5 Å². The summed E-state index contributed by atoms with van der Waals surface area (Å²) in [6.07, 6.45) is 3.57. The maximum atomic E-state index is 12.2. The Bertz CT molecular complexity index is 590. The molecule has 0 bridgehead atoms. The van der Waals surface area contributed by atoms with Gasteiger partial charge in [-0.2, -0.15) is 8.78 Å². The molecule has 0 aliphatic rings. The fourth-order valence-electron chi connectivity index (χ4n) is 2.04. The summed E-state index contributed by atoms with van der Waals surface area (Å²) in [6.45, 7) is 1.88. The summed E-state index contributed by atoms with van der Waals surface area (Å²) in [6, 6.07) is 8.74. The van der Waals surface area contributed by atoms with Crippen molar-refractivity contribution in [3.8, 4) is 5.75 Å². The van der Waals surface area contributed by atoms with Crippen LogP contribution in [0, 0.1) is 6.92 Å². The predicted molar refractivity (Wildman–Crippen MR) is 77.3 cm³/mol. The molecule has 0 aliphatic carbocycles. The average molecular weight is 292 g/mol. The van der Waals surface area contributed by atoms with Gasteiger partial charge in [0.05, 0.1) is 0 Å². The molecule has 0 fully saturated rings. The van der Waals surface area contributed by atoms with Crippen LogP contribution in [-0.2, 0) is 6.54 Å². The Morgan fingerprint density at radius 1 is 1.29 bits per heavy atom. The highest BCUT2D eigenvalue weighted by atomic mass is 19.3. The molecule has 5 heteroatoms. The van der Waals surface area contributed by atoms with E-state index in [-0.39, 0.29) is 11.8 Å². The Hall–Kier alpha value is -2.01. The monoisotopic (exact) mass is 292 g/mol. The number of nitrogens with one attached hydrogen (secondary N) is 1. The number of nitrogens with zero attached hydrogens (tertiary/aromatic N) is 1. The average Bonchev–Trinajstić information content (AvgIpc) is 2.45. The van der Waals surface area contributed by atoms with Gasteiger partial charge < -0.3 is 10.1 Å². The minimum Gasteiger partial charge on any atom is -0.435 e. The van der Waals surface area contributed by atoms with Gasteiger partial charge in [-0.25, -0.2) is 0 Å². The van der Waals surface area contributed by atoms with Gasteiger partial charge in [0.2, 0.25) is 0 Å². The molecule has 112 valence electrons. The maximum Gasteiger partial charge on any atom is 0.387 e. The lowest BCUT2D eigenvalue weighted by atomic mass is 10.1. The Labute approximate surface area is 123 Å². The molecule has 3 nitrogen and oxygen atoms in total. The normalized spacial score (nSPS) is 12.4. The van der Waals surface area contributed by atoms with E-state index in [9.17, 15) is 8.78 Å². The highest BCUT2D eigenvalue weighted by molar-refractivity contribution is 5.30. The maximum absolute atomic E-state index is 12.2. The second kappa shape index (κ2) is 7.13. The van der Waals surface area contributed by atoms with Crippen LogP contribution in [0.3, 0.4) is 0 Å². The smallest absolute Gasteiger partial charge is 0.387 e. The minimum absolute atomic E-state index is 0.0267. The first kappa shape index (κ1) is 15.4. The van der Waals surface area contributed by atoms with Crippen LogP contribution < -0.4 is 10.1 Å². The largest absolute Gasteiger partial charge is 0.435 e. The van der Waals surface area contributed by atoms with Gasteiger partial charge in [-0.05, 0) is 48.7 Å². The first-order valence-corrected chi connectivity index (χ1v) is 6.74. The summed E-state index contributed by atoms with van der Waals surface area (Å²) < 4.78 is 28.9. The van der Waals surface area contributed by atoms with Crippen molar-refractivity contribution in [3.63, 3.8) is 0 Å². The van der Waals surface area contributed by atoms with Crippen LogP contribution in [0.1, 0.15) is 29.7 Å². The quantitative estimate of drug-likeness (QED) is 0.878. The van der Waals surface area contributed by atoms with Crippen LogP contribution in [0.15, 0.2) is 42.7 Å². The molecule has 0 spiro atoms. The van der Waals surface area contributed by atoms with Crippen LogP contribution in [0.5, 0.6) is 5.75 Å². The van der Waals surface area contributed by atoms with Gasteiger partial charge in [0, 0.05) is 25.0 Å². The SMILES string of the molecule is Cc1cnccc1CNC(C)c1cccc(OC(F)F)c1. The lowest BCUT2D eigenvalue weighted by molar-refractivity contribution is -0.0499. The summed E-state index contributed by atoms with van der Waals surface area (Å²) in [5, 5.41) is 3.37. The second-order valence-electron chi connectivity index (χ2n) is 4.86. The third kappa shape index (κ3) is 4.49. The van der Waals surface area contributed by atoms with Crippen LogP contribution in [0.4, 0.5) is 8.78 Å². The number of aryl methyl sites for hydroxylation is 1. The fraction of sp³-hybridized carbons (Fsp3) is 0.312. The number of aromatic nitrogens is 1. The lowest BCUT2D eigenvalue weighted by Gasteiger charge is -2.16. The van der Waals surface area contributed by atoms with Crippen molar-refractivity contribution in [2.45, 2.75) is 33.0 Å². The molecule has 1 aromatic heterocycles. The summed E-state index contributed by atoms with van der Waals surface area (Å²) in [4.78, 5) is 4.05. The number of alkyl halides is 2. The number of halogens is 2.